The second-order valence-electron chi connectivity index (χ2n) is 4.14. The van der Waals surface area contributed by atoms with Crippen LogP contribution in [0.3, 0.4) is 0 Å². The molecule has 2 N–H and O–H groups in total. The molecule has 7 nitrogen and oxygen atoms in total. The smallest absolute Gasteiger partial charge is 0.240 e. The minimum atomic E-state index is -0.199. The quantitative estimate of drug-likeness (QED) is 0.706. The minimum Gasteiger partial charge on any atom is -0.733 e. The third-order valence-corrected chi connectivity index (χ3v) is 2.82. The van der Waals surface area contributed by atoms with Crippen molar-refractivity contribution in [1.82, 2.24) is 15.2 Å². The van der Waals surface area contributed by atoms with Crippen LogP contribution in [0.15, 0.2) is 42.6 Å². The van der Waals surface area contributed by atoms with E-state index in [1.54, 1.807) is 12.3 Å². The SMILES string of the molecule is [O-]N(O)c1ccc2[nH]nc(OCc3ccccn3)c2c1. The molecule has 3 aromatic rings. The molecule has 1 aromatic carbocycles. The highest BCUT2D eigenvalue weighted by molar-refractivity contribution is 5.87. The standard InChI is InChI=1S/C13H11N4O3/c18-17(19)10-4-5-12-11(7-10)13(16-15-12)20-8-9-3-1-2-6-14-9/h1-7,18H,8H2,(H,15,16)/q-1. The van der Waals surface area contributed by atoms with Gasteiger partial charge < -0.3 is 15.2 Å². The number of nitrogens with one attached hydrogen (secondary N) is 1. The molecule has 2 aromatic heterocycles. The van der Waals surface area contributed by atoms with Crippen LogP contribution in [-0.4, -0.2) is 20.4 Å². The second-order valence-corrected chi connectivity index (χ2v) is 4.14. The van der Waals surface area contributed by atoms with Crippen LogP contribution in [0, 0.1) is 5.21 Å². The molecule has 0 atom stereocenters. The topological polar surface area (TPSA) is 97.3 Å². The predicted octanol–water partition coefficient (Wildman–Crippen LogP) is 2.23. The number of H-pyrrole nitrogens is 1. The molecule has 0 amide bonds. The van der Waals surface area contributed by atoms with Gasteiger partial charge >= 0.3 is 0 Å². The van der Waals surface area contributed by atoms with Gasteiger partial charge in [0.25, 0.3) is 0 Å². The number of ether oxygens (including phenoxy) is 1. The van der Waals surface area contributed by atoms with E-state index in [0.29, 0.717) is 16.8 Å². The van der Waals surface area contributed by atoms with Crippen molar-refractivity contribution in [2.24, 2.45) is 0 Å². The predicted molar refractivity (Wildman–Crippen MR) is 72.3 cm³/mol. The molecule has 0 unspecified atom stereocenters. The van der Waals surface area contributed by atoms with Gasteiger partial charge in [-0.3, -0.25) is 15.3 Å². The minimum absolute atomic E-state index is 0.113. The molecule has 0 spiro atoms. The Morgan fingerprint density at radius 3 is 2.95 bits per heavy atom. The van der Waals surface area contributed by atoms with Gasteiger partial charge in [-0.2, -0.15) is 0 Å². The van der Waals surface area contributed by atoms with Gasteiger partial charge in [-0.1, -0.05) is 6.07 Å². The zero-order valence-corrected chi connectivity index (χ0v) is 10.4. The summed E-state index contributed by atoms with van der Waals surface area (Å²) in [6.07, 6.45) is 1.68. The second kappa shape index (κ2) is 5.16. The number of benzene rings is 1. The van der Waals surface area contributed by atoms with Crippen molar-refractivity contribution in [3.63, 3.8) is 0 Å². The first-order valence-electron chi connectivity index (χ1n) is 5.91. The normalized spacial score (nSPS) is 10.7. The van der Waals surface area contributed by atoms with E-state index < -0.39 is 0 Å². The number of rotatable bonds is 4. The molecule has 0 aliphatic carbocycles. The van der Waals surface area contributed by atoms with Gasteiger partial charge in [0.05, 0.1) is 22.3 Å². The highest BCUT2D eigenvalue weighted by Crippen LogP contribution is 2.27. The highest BCUT2D eigenvalue weighted by atomic mass is 16.8. The fraction of sp³-hybridized carbons (Fsp3) is 0.0769. The first kappa shape index (κ1) is 12.4. The fourth-order valence-corrected chi connectivity index (χ4v) is 1.83. The molecule has 0 bridgehead atoms. The molecule has 0 aliphatic rings. The largest absolute Gasteiger partial charge is 0.733 e. The summed E-state index contributed by atoms with van der Waals surface area (Å²) in [7, 11) is 0. The fourth-order valence-electron chi connectivity index (χ4n) is 1.83. The molecular formula is C13H11N4O3-. The van der Waals surface area contributed by atoms with Crippen LogP contribution in [0.4, 0.5) is 5.69 Å². The lowest BCUT2D eigenvalue weighted by atomic mass is 10.2. The number of fused-ring (bicyclic) bond motifs is 1. The van der Waals surface area contributed by atoms with E-state index in [0.717, 1.165) is 5.69 Å². The van der Waals surface area contributed by atoms with Gasteiger partial charge in [0.1, 0.15) is 6.61 Å². The van der Waals surface area contributed by atoms with Crippen LogP contribution in [-0.2, 0) is 6.61 Å². The van der Waals surface area contributed by atoms with E-state index in [1.165, 1.54) is 12.1 Å². The molecule has 7 heteroatoms. The lowest BCUT2D eigenvalue weighted by Crippen LogP contribution is -2.06. The Kier molecular flexibility index (Phi) is 3.20. The van der Waals surface area contributed by atoms with Crippen LogP contribution < -0.4 is 9.96 Å². The van der Waals surface area contributed by atoms with E-state index >= 15 is 0 Å². The third kappa shape index (κ3) is 2.40. The van der Waals surface area contributed by atoms with Gasteiger partial charge in [-0.15, -0.1) is 5.10 Å². The maximum Gasteiger partial charge on any atom is 0.240 e. The van der Waals surface area contributed by atoms with E-state index in [-0.39, 0.29) is 17.5 Å². The summed E-state index contributed by atoms with van der Waals surface area (Å²) in [5.74, 6) is 0.356. The van der Waals surface area contributed by atoms with Crippen LogP contribution in [0.2, 0.25) is 0 Å². The monoisotopic (exact) mass is 271 g/mol. The molecule has 2 heterocycles. The number of pyridine rings is 1. The maximum absolute atomic E-state index is 10.9. The van der Waals surface area contributed by atoms with Crippen LogP contribution >= 0.6 is 0 Å². The van der Waals surface area contributed by atoms with Crippen molar-refractivity contribution in [1.29, 1.82) is 0 Å². The molecular weight excluding hydrogens is 260 g/mol. The van der Waals surface area contributed by atoms with Gasteiger partial charge in [0.15, 0.2) is 0 Å². The van der Waals surface area contributed by atoms with Crippen LogP contribution in [0.25, 0.3) is 10.9 Å². The van der Waals surface area contributed by atoms with E-state index in [1.807, 2.05) is 18.2 Å². The first-order valence-corrected chi connectivity index (χ1v) is 5.91. The zero-order valence-electron chi connectivity index (χ0n) is 10.4. The van der Waals surface area contributed by atoms with E-state index in [9.17, 15) is 5.21 Å². The van der Waals surface area contributed by atoms with E-state index in [2.05, 4.69) is 15.2 Å². The summed E-state index contributed by atoms with van der Waals surface area (Å²) in [5.41, 5.74) is 1.60. The van der Waals surface area contributed by atoms with E-state index in [4.69, 9.17) is 9.94 Å². The number of hydrogen-bond donors (Lipinski definition) is 2. The molecule has 0 saturated carbocycles. The Balaban J connectivity index is 1.86. The van der Waals surface area contributed by atoms with Crippen molar-refractivity contribution < 1.29 is 9.94 Å². The summed E-state index contributed by atoms with van der Waals surface area (Å²) < 4.78 is 5.57. The summed E-state index contributed by atoms with van der Waals surface area (Å²) in [6.45, 7) is 0.269. The Bertz CT molecular complexity index is 712. The number of nitrogens with zero attached hydrogens (tertiary/aromatic N) is 3. The third-order valence-electron chi connectivity index (χ3n) is 2.82. The lowest BCUT2D eigenvalue weighted by Gasteiger charge is -2.21. The summed E-state index contributed by atoms with van der Waals surface area (Å²) in [6, 6.07) is 10.2. The molecule has 20 heavy (non-hydrogen) atoms. The van der Waals surface area contributed by atoms with Crippen LogP contribution in [0.5, 0.6) is 5.88 Å². The van der Waals surface area contributed by atoms with Gasteiger partial charge in [-0.25, -0.2) is 0 Å². The number of anilines is 1. The summed E-state index contributed by atoms with van der Waals surface area (Å²) in [4.78, 5) is 4.14. The Morgan fingerprint density at radius 2 is 2.20 bits per heavy atom. The average Bonchev–Trinajstić information content (AvgIpc) is 2.88. The van der Waals surface area contributed by atoms with Crippen molar-refractivity contribution in [3.8, 4) is 5.88 Å². The Morgan fingerprint density at radius 1 is 1.30 bits per heavy atom. The van der Waals surface area contributed by atoms with Crippen molar-refractivity contribution in [3.05, 3.63) is 53.5 Å². The van der Waals surface area contributed by atoms with Gasteiger partial charge in [0, 0.05) is 6.20 Å². The molecule has 0 radical (unpaired) electrons. The Hall–Kier alpha value is -2.64. The first-order chi connectivity index (χ1) is 9.74. The summed E-state index contributed by atoms with van der Waals surface area (Å²) in [5, 5.41) is 27.1. The lowest BCUT2D eigenvalue weighted by molar-refractivity contribution is 0.291. The van der Waals surface area contributed by atoms with Crippen LogP contribution in [0.1, 0.15) is 5.69 Å². The summed E-state index contributed by atoms with van der Waals surface area (Å²) >= 11 is 0. The van der Waals surface area contributed by atoms with Gasteiger partial charge in [0.2, 0.25) is 5.88 Å². The highest BCUT2D eigenvalue weighted by Gasteiger charge is 2.08. The zero-order chi connectivity index (χ0) is 13.9. The number of aromatic nitrogens is 3. The number of aromatic amines is 1. The molecule has 0 fully saturated rings. The molecule has 102 valence electrons. The Labute approximate surface area is 114 Å². The van der Waals surface area contributed by atoms with Crippen molar-refractivity contribution >= 4 is 16.6 Å². The number of hydrogen-bond acceptors (Lipinski definition) is 6. The molecule has 3 rings (SSSR count). The molecule has 0 aliphatic heterocycles. The van der Waals surface area contributed by atoms with Crippen molar-refractivity contribution in [2.45, 2.75) is 6.61 Å². The average molecular weight is 271 g/mol. The molecule has 0 saturated heterocycles. The van der Waals surface area contributed by atoms with Gasteiger partial charge in [-0.05, 0) is 30.3 Å². The maximum atomic E-state index is 10.9. The van der Waals surface area contributed by atoms with Crippen molar-refractivity contribution in [2.75, 3.05) is 5.23 Å².